The maximum Gasteiger partial charge on any atom is 0.0647 e. The monoisotopic (exact) mass is 723 g/mol. The van der Waals surface area contributed by atoms with E-state index < -0.39 is 0 Å². The van der Waals surface area contributed by atoms with Gasteiger partial charge < -0.3 is 13.7 Å². The van der Waals surface area contributed by atoms with Crippen molar-refractivity contribution < 1.29 is 0 Å². The Kier molecular flexibility index (Phi) is 6.16. The summed E-state index contributed by atoms with van der Waals surface area (Å²) >= 11 is 0. The molecule has 0 saturated heterocycles. The zero-order valence-electron chi connectivity index (χ0n) is 30.9. The molecule has 0 N–H and O–H groups in total. The van der Waals surface area contributed by atoms with E-state index in [0.29, 0.717) is 0 Å². The Morgan fingerprint density at radius 2 is 0.579 bits per heavy atom. The zero-order chi connectivity index (χ0) is 37.2. The zero-order valence-corrected chi connectivity index (χ0v) is 30.9. The van der Waals surface area contributed by atoms with E-state index in [1.54, 1.807) is 0 Å². The van der Waals surface area contributed by atoms with Gasteiger partial charge in [-0.2, -0.15) is 0 Å². The maximum atomic E-state index is 2.55. The molecule has 3 heterocycles. The molecule has 13 rings (SSSR count). The molecule has 0 amide bonds. The summed E-state index contributed by atoms with van der Waals surface area (Å²) in [5.41, 5.74) is 10.8. The lowest BCUT2D eigenvalue weighted by atomic mass is 9.96. The van der Waals surface area contributed by atoms with Gasteiger partial charge in [-0.1, -0.05) is 146 Å². The highest BCUT2D eigenvalue weighted by molar-refractivity contribution is 6.37. The molecular weight excluding hydrogens is 691 g/mol. The molecule has 10 aromatic carbocycles. The van der Waals surface area contributed by atoms with Crippen LogP contribution >= 0.6 is 0 Å². The van der Waals surface area contributed by atoms with E-state index in [2.05, 4.69) is 214 Å². The first-order chi connectivity index (χ1) is 28.3. The van der Waals surface area contributed by atoms with E-state index in [1.165, 1.54) is 97.7 Å². The van der Waals surface area contributed by atoms with Gasteiger partial charge in [-0.05, 0) is 76.1 Å². The molecule has 0 aliphatic heterocycles. The smallest absolute Gasteiger partial charge is 0.0647 e. The second-order valence-electron chi connectivity index (χ2n) is 15.2. The minimum atomic E-state index is 1.14. The van der Waals surface area contributed by atoms with Crippen molar-refractivity contribution in [3.05, 3.63) is 200 Å². The van der Waals surface area contributed by atoms with E-state index in [1.807, 2.05) is 0 Å². The van der Waals surface area contributed by atoms with Crippen LogP contribution in [0.15, 0.2) is 200 Å². The van der Waals surface area contributed by atoms with E-state index >= 15 is 0 Å². The molecule has 0 atom stereocenters. The van der Waals surface area contributed by atoms with Crippen LogP contribution in [0.3, 0.4) is 0 Å². The van der Waals surface area contributed by atoms with Gasteiger partial charge in [0.25, 0.3) is 0 Å². The molecular formula is C54H33N3. The largest absolute Gasteiger partial charge is 0.309 e. The topological polar surface area (TPSA) is 14.8 Å². The fourth-order valence-electron chi connectivity index (χ4n) is 10.2. The standard InChI is InChI=1S/C54H33N3/c1-3-17-34(18-4-1)55-47-30-16-14-28-44(47)51-53(55)42-26-12-10-24-40(42)49-43-27-13-15-29-46(43)57(54(49)51)36-31-32-48-45(33-36)50-39-23-9-7-21-37(39)38-22-8-11-25-41(38)52(50)56(48)35-19-5-2-6-20-35/h1-33H. The average Bonchev–Trinajstić information content (AvgIpc) is 3.94. The van der Waals surface area contributed by atoms with Crippen molar-refractivity contribution in [3.63, 3.8) is 0 Å². The predicted molar refractivity (Wildman–Crippen MR) is 242 cm³/mol. The van der Waals surface area contributed by atoms with Crippen LogP contribution in [0.25, 0.3) is 115 Å². The van der Waals surface area contributed by atoms with Crippen molar-refractivity contribution >= 4 is 97.7 Å². The molecule has 57 heavy (non-hydrogen) atoms. The fraction of sp³-hybridized carbons (Fsp3) is 0. The quantitative estimate of drug-likeness (QED) is 0.161. The Morgan fingerprint density at radius 3 is 1.18 bits per heavy atom. The number of hydrogen-bond acceptors (Lipinski definition) is 0. The molecule has 0 saturated carbocycles. The van der Waals surface area contributed by atoms with E-state index in [-0.39, 0.29) is 0 Å². The lowest BCUT2D eigenvalue weighted by Crippen LogP contribution is -1.97. The number of rotatable bonds is 3. The third kappa shape index (κ3) is 4.05. The summed E-state index contributed by atoms with van der Waals surface area (Å²) in [5.74, 6) is 0. The molecule has 0 unspecified atom stereocenters. The van der Waals surface area contributed by atoms with Crippen molar-refractivity contribution in [3.8, 4) is 17.1 Å². The normalized spacial score (nSPS) is 12.2. The molecule has 13 aromatic rings. The Labute approximate surface area is 327 Å². The molecule has 3 nitrogen and oxygen atoms in total. The van der Waals surface area contributed by atoms with Crippen LogP contribution in [-0.2, 0) is 0 Å². The van der Waals surface area contributed by atoms with Gasteiger partial charge >= 0.3 is 0 Å². The highest BCUT2D eigenvalue weighted by Crippen LogP contribution is 2.48. The molecule has 0 radical (unpaired) electrons. The van der Waals surface area contributed by atoms with Gasteiger partial charge in [-0.25, -0.2) is 0 Å². The van der Waals surface area contributed by atoms with Crippen LogP contribution in [0, 0.1) is 0 Å². The first-order valence-electron chi connectivity index (χ1n) is 19.7. The fourth-order valence-corrected chi connectivity index (χ4v) is 10.2. The average molecular weight is 724 g/mol. The van der Waals surface area contributed by atoms with Gasteiger partial charge in [0.15, 0.2) is 0 Å². The van der Waals surface area contributed by atoms with Crippen LogP contribution in [0.5, 0.6) is 0 Å². The maximum absolute atomic E-state index is 2.55. The number of para-hydroxylation sites is 4. The summed E-state index contributed by atoms with van der Waals surface area (Å²) in [6.45, 7) is 0. The van der Waals surface area contributed by atoms with Crippen LogP contribution in [0.1, 0.15) is 0 Å². The minimum Gasteiger partial charge on any atom is -0.309 e. The summed E-state index contributed by atoms with van der Waals surface area (Å²) in [4.78, 5) is 0. The van der Waals surface area contributed by atoms with Crippen LogP contribution in [0.4, 0.5) is 0 Å². The van der Waals surface area contributed by atoms with E-state index in [0.717, 1.165) is 17.1 Å². The van der Waals surface area contributed by atoms with Crippen LogP contribution in [0.2, 0.25) is 0 Å². The number of benzene rings is 10. The van der Waals surface area contributed by atoms with Gasteiger partial charge in [-0.3, -0.25) is 0 Å². The van der Waals surface area contributed by atoms with Crippen molar-refractivity contribution in [1.29, 1.82) is 0 Å². The van der Waals surface area contributed by atoms with Gasteiger partial charge in [0, 0.05) is 60.2 Å². The molecule has 0 aliphatic carbocycles. The highest BCUT2D eigenvalue weighted by atomic mass is 15.0. The molecule has 264 valence electrons. The number of aromatic nitrogens is 3. The molecule has 0 bridgehead atoms. The van der Waals surface area contributed by atoms with Gasteiger partial charge in [-0.15, -0.1) is 0 Å². The van der Waals surface area contributed by atoms with Gasteiger partial charge in [0.1, 0.15) is 0 Å². The van der Waals surface area contributed by atoms with Gasteiger partial charge in [0.2, 0.25) is 0 Å². The molecule has 0 fully saturated rings. The second-order valence-corrected chi connectivity index (χ2v) is 15.2. The number of fused-ring (bicyclic) bond motifs is 18. The highest BCUT2D eigenvalue weighted by Gasteiger charge is 2.25. The second kappa shape index (κ2) is 11.5. The first kappa shape index (κ1) is 30.7. The first-order valence-corrected chi connectivity index (χ1v) is 19.7. The summed E-state index contributed by atoms with van der Waals surface area (Å²) in [5, 5.41) is 15.2. The molecule has 3 heteroatoms. The van der Waals surface area contributed by atoms with Crippen molar-refractivity contribution in [2.24, 2.45) is 0 Å². The van der Waals surface area contributed by atoms with Crippen molar-refractivity contribution in [2.45, 2.75) is 0 Å². The minimum absolute atomic E-state index is 1.14. The third-order valence-corrected chi connectivity index (χ3v) is 12.3. The number of nitrogens with zero attached hydrogens (tertiary/aromatic N) is 3. The Hall–Kier alpha value is -7.62. The molecule has 0 aliphatic rings. The lowest BCUT2D eigenvalue weighted by Gasteiger charge is -2.13. The van der Waals surface area contributed by atoms with Crippen molar-refractivity contribution in [1.82, 2.24) is 13.7 Å². The Morgan fingerprint density at radius 1 is 0.211 bits per heavy atom. The Balaban J connectivity index is 1.26. The Bertz CT molecular complexity index is 3790. The molecule has 3 aromatic heterocycles. The van der Waals surface area contributed by atoms with E-state index in [9.17, 15) is 0 Å². The molecule has 0 spiro atoms. The van der Waals surface area contributed by atoms with Crippen LogP contribution < -0.4 is 0 Å². The van der Waals surface area contributed by atoms with Crippen LogP contribution in [-0.4, -0.2) is 13.7 Å². The summed E-state index contributed by atoms with van der Waals surface area (Å²) in [6.07, 6.45) is 0. The number of hydrogen-bond donors (Lipinski definition) is 0. The summed E-state index contributed by atoms with van der Waals surface area (Å²) in [6, 6.07) is 73.6. The van der Waals surface area contributed by atoms with E-state index in [4.69, 9.17) is 0 Å². The van der Waals surface area contributed by atoms with Gasteiger partial charge in [0.05, 0.1) is 33.1 Å². The summed E-state index contributed by atoms with van der Waals surface area (Å²) in [7, 11) is 0. The lowest BCUT2D eigenvalue weighted by molar-refractivity contribution is 1.17. The SMILES string of the molecule is c1ccc(-n2c3ccc(-n4c5ccccc5c5c6ccccc6c6c(c7ccccc7n6-c6ccccc6)c54)cc3c3c4ccccc4c4ccccc4c32)cc1. The van der Waals surface area contributed by atoms with Crippen molar-refractivity contribution in [2.75, 3.05) is 0 Å². The summed E-state index contributed by atoms with van der Waals surface area (Å²) < 4.78 is 7.51. The predicted octanol–water partition coefficient (Wildman–Crippen LogP) is 14.4. The third-order valence-electron chi connectivity index (χ3n) is 12.3.